The van der Waals surface area contributed by atoms with Gasteiger partial charge in [-0.1, -0.05) is 39.7 Å². The van der Waals surface area contributed by atoms with E-state index in [1.807, 2.05) is 12.1 Å². The number of rotatable bonds is 3. The minimum absolute atomic E-state index is 0.235. The topological polar surface area (TPSA) is 39.4 Å². The predicted octanol–water partition coefficient (Wildman–Crippen LogP) is 5.09. The predicted molar refractivity (Wildman–Crippen MR) is 85.4 cm³/mol. The Kier molecular flexibility index (Phi) is 3.74. The van der Waals surface area contributed by atoms with E-state index in [-0.39, 0.29) is 11.5 Å². The van der Waals surface area contributed by atoms with Crippen LogP contribution in [0.3, 0.4) is 0 Å². The highest BCUT2D eigenvalue weighted by molar-refractivity contribution is 9.10. The molecule has 5 heteroatoms. The van der Waals surface area contributed by atoms with Crippen LogP contribution in [-0.4, -0.2) is 12.9 Å². The van der Waals surface area contributed by atoms with Gasteiger partial charge in [-0.25, -0.2) is 0 Å². The Morgan fingerprint density at radius 3 is 2.76 bits per heavy atom. The van der Waals surface area contributed by atoms with Crippen molar-refractivity contribution in [1.29, 1.82) is 0 Å². The standard InChI is InChI=1S/C16H10BrClO3/c1-20-13-8-10(17)5-6-11(13)15(19)14-7-9-3-2-4-12(18)16(9)21-14/h2-8H,1H3. The van der Waals surface area contributed by atoms with Gasteiger partial charge in [0.25, 0.3) is 0 Å². The summed E-state index contributed by atoms with van der Waals surface area (Å²) in [7, 11) is 1.52. The zero-order valence-electron chi connectivity index (χ0n) is 11.0. The van der Waals surface area contributed by atoms with Crippen LogP contribution in [0.2, 0.25) is 5.02 Å². The maximum Gasteiger partial charge on any atom is 0.231 e. The summed E-state index contributed by atoms with van der Waals surface area (Å²) in [6, 6.07) is 12.3. The van der Waals surface area contributed by atoms with Crippen molar-refractivity contribution >= 4 is 44.3 Å². The molecule has 0 aliphatic heterocycles. The van der Waals surface area contributed by atoms with Crippen LogP contribution in [0.4, 0.5) is 0 Å². The molecule has 0 atom stereocenters. The summed E-state index contributed by atoms with van der Waals surface area (Å²) < 4.78 is 11.7. The number of ether oxygens (including phenoxy) is 1. The molecule has 0 amide bonds. The number of carbonyl (C=O) groups is 1. The van der Waals surface area contributed by atoms with E-state index in [4.69, 9.17) is 20.8 Å². The molecule has 0 unspecified atom stereocenters. The molecule has 0 saturated carbocycles. The normalized spacial score (nSPS) is 10.8. The number of furan rings is 1. The summed E-state index contributed by atoms with van der Waals surface area (Å²) in [6.07, 6.45) is 0. The Bertz CT molecular complexity index is 839. The minimum Gasteiger partial charge on any atom is -0.496 e. The third kappa shape index (κ3) is 2.57. The quantitative estimate of drug-likeness (QED) is 0.607. The molecule has 0 aliphatic carbocycles. The number of carbonyl (C=O) groups excluding carboxylic acids is 1. The highest BCUT2D eigenvalue weighted by atomic mass is 79.9. The summed E-state index contributed by atoms with van der Waals surface area (Å²) in [5, 5.41) is 1.27. The van der Waals surface area contributed by atoms with Crippen LogP contribution in [0.5, 0.6) is 5.75 Å². The third-order valence-electron chi connectivity index (χ3n) is 3.13. The van der Waals surface area contributed by atoms with Crippen molar-refractivity contribution < 1.29 is 13.9 Å². The second-order valence-electron chi connectivity index (χ2n) is 4.44. The molecule has 1 aromatic heterocycles. The van der Waals surface area contributed by atoms with Gasteiger partial charge in [0.2, 0.25) is 5.78 Å². The second kappa shape index (κ2) is 5.54. The summed E-state index contributed by atoms with van der Waals surface area (Å²) >= 11 is 9.41. The van der Waals surface area contributed by atoms with Crippen molar-refractivity contribution in [1.82, 2.24) is 0 Å². The van der Waals surface area contributed by atoms with Crippen LogP contribution in [-0.2, 0) is 0 Å². The van der Waals surface area contributed by atoms with Gasteiger partial charge in [0.1, 0.15) is 5.75 Å². The van der Waals surface area contributed by atoms with Gasteiger partial charge in [-0.15, -0.1) is 0 Å². The van der Waals surface area contributed by atoms with E-state index in [2.05, 4.69) is 15.9 Å². The summed E-state index contributed by atoms with van der Waals surface area (Å²) in [5.41, 5.74) is 0.953. The first-order valence-electron chi connectivity index (χ1n) is 6.16. The van der Waals surface area contributed by atoms with E-state index in [1.165, 1.54) is 7.11 Å². The summed E-state index contributed by atoms with van der Waals surface area (Å²) in [6.45, 7) is 0. The number of ketones is 1. The van der Waals surface area contributed by atoms with Gasteiger partial charge in [0.15, 0.2) is 11.3 Å². The fourth-order valence-electron chi connectivity index (χ4n) is 2.12. The fraction of sp³-hybridized carbons (Fsp3) is 0.0625. The van der Waals surface area contributed by atoms with Crippen LogP contribution in [0.1, 0.15) is 16.1 Å². The molecule has 106 valence electrons. The Balaban J connectivity index is 2.10. The van der Waals surface area contributed by atoms with E-state index in [9.17, 15) is 4.79 Å². The smallest absolute Gasteiger partial charge is 0.231 e. The van der Waals surface area contributed by atoms with Crippen LogP contribution >= 0.6 is 27.5 Å². The molecule has 3 nitrogen and oxygen atoms in total. The third-order valence-corrected chi connectivity index (χ3v) is 3.92. The van der Waals surface area contributed by atoms with Gasteiger partial charge in [-0.3, -0.25) is 4.79 Å². The molecular weight excluding hydrogens is 356 g/mol. The monoisotopic (exact) mass is 364 g/mol. The second-order valence-corrected chi connectivity index (χ2v) is 5.77. The zero-order chi connectivity index (χ0) is 15.0. The first-order chi connectivity index (χ1) is 10.1. The Morgan fingerprint density at radius 2 is 2.05 bits per heavy atom. The molecule has 0 N–H and O–H groups in total. The molecule has 0 bridgehead atoms. The van der Waals surface area contributed by atoms with Crippen molar-refractivity contribution in [3.8, 4) is 5.75 Å². The molecule has 1 heterocycles. The number of para-hydroxylation sites is 1. The molecule has 0 spiro atoms. The van der Waals surface area contributed by atoms with Gasteiger partial charge in [-0.2, -0.15) is 0 Å². The van der Waals surface area contributed by atoms with Crippen LogP contribution in [0, 0.1) is 0 Å². The van der Waals surface area contributed by atoms with Gasteiger partial charge >= 0.3 is 0 Å². The van der Waals surface area contributed by atoms with Gasteiger partial charge in [0, 0.05) is 9.86 Å². The molecule has 21 heavy (non-hydrogen) atoms. The number of fused-ring (bicyclic) bond motifs is 1. The molecule has 0 aliphatic rings. The van der Waals surface area contributed by atoms with Gasteiger partial charge in [0.05, 0.1) is 17.7 Å². The Hall–Kier alpha value is -1.78. The highest BCUT2D eigenvalue weighted by Crippen LogP contribution is 2.30. The lowest BCUT2D eigenvalue weighted by Gasteiger charge is -2.06. The van der Waals surface area contributed by atoms with E-state index >= 15 is 0 Å². The number of benzene rings is 2. The number of hydrogen-bond acceptors (Lipinski definition) is 3. The van der Waals surface area contributed by atoms with Crippen LogP contribution in [0.25, 0.3) is 11.0 Å². The number of hydrogen-bond donors (Lipinski definition) is 0. The van der Waals surface area contributed by atoms with E-state index in [0.29, 0.717) is 21.9 Å². The lowest BCUT2D eigenvalue weighted by Crippen LogP contribution is -2.02. The van der Waals surface area contributed by atoms with E-state index in [0.717, 1.165) is 9.86 Å². The largest absolute Gasteiger partial charge is 0.496 e. The first-order valence-corrected chi connectivity index (χ1v) is 7.33. The Labute approximate surface area is 134 Å². The SMILES string of the molecule is COc1cc(Br)ccc1C(=O)c1cc2cccc(Cl)c2o1. The maximum absolute atomic E-state index is 12.6. The zero-order valence-corrected chi connectivity index (χ0v) is 13.4. The Morgan fingerprint density at radius 1 is 1.24 bits per heavy atom. The molecule has 0 saturated heterocycles. The van der Waals surface area contributed by atoms with E-state index < -0.39 is 0 Å². The highest BCUT2D eigenvalue weighted by Gasteiger charge is 2.19. The molecule has 2 aromatic carbocycles. The fourth-order valence-corrected chi connectivity index (χ4v) is 2.69. The van der Waals surface area contributed by atoms with Crippen molar-refractivity contribution in [2.24, 2.45) is 0 Å². The van der Waals surface area contributed by atoms with Crippen molar-refractivity contribution in [3.05, 3.63) is 63.3 Å². The first kappa shape index (κ1) is 14.2. The molecule has 0 fully saturated rings. The molecule has 0 radical (unpaired) electrons. The van der Waals surface area contributed by atoms with Crippen LogP contribution in [0.15, 0.2) is 51.4 Å². The maximum atomic E-state index is 12.6. The molecular formula is C16H10BrClO3. The molecule has 3 rings (SSSR count). The lowest BCUT2D eigenvalue weighted by atomic mass is 10.1. The van der Waals surface area contributed by atoms with Crippen LogP contribution < -0.4 is 4.74 Å². The van der Waals surface area contributed by atoms with Crippen molar-refractivity contribution in [2.45, 2.75) is 0 Å². The summed E-state index contributed by atoms with van der Waals surface area (Å²) in [5.74, 6) is 0.478. The average molecular weight is 366 g/mol. The number of methoxy groups -OCH3 is 1. The van der Waals surface area contributed by atoms with Crippen molar-refractivity contribution in [2.75, 3.05) is 7.11 Å². The van der Waals surface area contributed by atoms with E-state index in [1.54, 1.807) is 30.3 Å². The summed E-state index contributed by atoms with van der Waals surface area (Å²) in [4.78, 5) is 12.6. The number of halogens is 2. The average Bonchev–Trinajstić information content (AvgIpc) is 2.92. The lowest BCUT2D eigenvalue weighted by molar-refractivity contribution is 0.101. The minimum atomic E-state index is -0.244. The molecule has 3 aromatic rings. The van der Waals surface area contributed by atoms with Gasteiger partial charge < -0.3 is 9.15 Å². The van der Waals surface area contributed by atoms with Gasteiger partial charge in [-0.05, 0) is 30.3 Å². The van der Waals surface area contributed by atoms with Crippen molar-refractivity contribution in [3.63, 3.8) is 0 Å².